The highest BCUT2D eigenvalue weighted by Crippen LogP contribution is 2.33. The summed E-state index contributed by atoms with van der Waals surface area (Å²) in [4.78, 5) is 17.6. The molecule has 1 aromatic carbocycles. The standard InChI is InChI=1S/C19H22Cl2N8O/c20-13-3-1-4-15(16(13)21)29(19(23)24)17(22)12-9-14(27-10-12)18(30)26-5-2-7-28-8-6-25-11-28/h1,3-4,6,8,10-11,14,22,27H,2,5,7,9H2,(H3,23,24)(H,26,30). The maximum atomic E-state index is 12.4. The van der Waals surface area contributed by atoms with E-state index in [-0.39, 0.29) is 29.1 Å². The minimum absolute atomic E-state index is 0.0467. The molecular weight excluding hydrogens is 427 g/mol. The van der Waals surface area contributed by atoms with Gasteiger partial charge in [-0.05, 0) is 18.6 Å². The van der Waals surface area contributed by atoms with Gasteiger partial charge in [-0.3, -0.25) is 20.5 Å². The van der Waals surface area contributed by atoms with E-state index in [4.69, 9.17) is 39.8 Å². The van der Waals surface area contributed by atoms with Gasteiger partial charge in [0.1, 0.15) is 11.9 Å². The van der Waals surface area contributed by atoms with Crippen molar-refractivity contribution in [2.45, 2.75) is 25.4 Å². The Hall–Kier alpha value is -3.04. The van der Waals surface area contributed by atoms with Crippen LogP contribution in [-0.2, 0) is 11.3 Å². The molecule has 1 aliphatic heterocycles. The molecule has 3 rings (SSSR count). The normalized spacial score (nSPS) is 15.3. The third kappa shape index (κ3) is 4.92. The van der Waals surface area contributed by atoms with Crippen molar-refractivity contribution < 1.29 is 4.79 Å². The number of halogens is 2. The van der Waals surface area contributed by atoms with Crippen LogP contribution >= 0.6 is 23.2 Å². The molecular formula is C19H22Cl2N8O. The Morgan fingerprint density at radius 3 is 2.90 bits per heavy atom. The van der Waals surface area contributed by atoms with Gasteiger partial charge in [0.2, 0.25) is 5.91 Å². The molecule has 0 aliphatic carbocycles. The zero-order valence-electron chi connectivity index (χ0n) is 16.0. The van der Waals surface area contributed by atoms with Crippen LogP contribution in [0, 0.1) is 10.8 Å². The fourth-order valence-corrected chi connectivity index (χ4v) is 3.45. The lowest BCUT2D eigenvalue weighted by Crippen LogP contribution is -2.43. The topological polar surface area (TPSA) is 136 Å². The van der Waals surface area contributed by atoms with Crippen LogP contribution < -0.4 is 21.3 Å². The molecule has 1 aromatic heterocycles. The lowest BCUT2D eigenvalue weighted by atomic mass is 10.1. The van der Waals surface area contributed by atoms with Crippen LogP contribution in [0.15, 0.2) is 48.7 Å². The molecule has 1 atom stereocenters. The number of nitrogens with two attached hydrogens (primary N) is 1. The molecule has 2 aromatic rings. The molecule has 0 spiro atoms. The molecule has 11 heteroatoms. The number of amidine groups is 1. The van der Waals surface area contributed by atoms with Crippen molar-refractivity contribution in [3.05, 3.63) is 58.7 Å². The molecule has 0 radical (unpaired) electrons. The highest BCUT2D eigenvalue weighted by molar-refractivity contribution is 6.44. The van der Waals surface area contributed by atoms with Crippen LogP contribution in [0.25, 0.3) is 0 Å². The minimum Gasteiger partial charge on any atom is -0.379 e. The molecule has 0 saturated carbocycles. The molecule has 0 fully saturated rings. The number of nitrogens with one attached hydrogen (secondary N) is 4. The van der Waals surface area contributed by atoms with Gasteiger partial charge in [-0.1, -0.05) is 29.3 Å². The summed E-state index contributed by atoms with van der Waals surface area (Å²) >= 11 is 12.3. The number of hydrogen-bond donors (Lipinski definition) is 5. The SMILES string of the molecule is N=C(N)N(C(=N)C1=CNC(C(=O)NCCCn2ccnc2)C1)c1cccc(Cl)c1Cl. The summed E-state index contributed by atoms with van der Waals surface area (Å²) in [5, 5.41) is 22.8. The fraction of sp³-hybridized carbons (Fsp3) is 0.263. The minimum atomic E-state index is -0.503. The highest BCUT2D eigenvalue weighted by atomic mass is 35.5. The van der Waals surface area contributed by atoms with E-state index in [2.05, 4.69) is 15.6 Å². The van der Waals surface area contributed by atoms with Crippen LogP contribution in [0.3, 0.4) is 0 Å². The molecule has 1 unspecified atom stereocenters. The van der Waals surface area contributed by atoms with Gasteiger partial charge in [-0.15, -0.1) is 0 Å². The van der Waals surface area contributed by atoms with Gasteiger partial charge in [-0.2, -0.15) is 0 Å². The Morgan fingerprint density at radius 1 is 1.40 bits per heavy atom. The summed E-state index contributed by atoms with van der Waals surface area (Å²) in [7, 11) is 0. The first-order chi connectivity index (χ1) is 14.4. The number of carbonyl (C=O) groups is 1. The van der Waals surface area contributed by atoms with Crippen LogP contribution in [0.1, 0.15) is 12.8 Å². The Labute approximate surface area is 183 Å². The first-order valence-corrected chi connectivity index (χ1v) is 9.99. The number of rotatable bonds is 7. The second-order valence-corrected chi connectivity index (χ2v) is 7.47. The second kappa shape index (κ2) is 9.64. The molecule has 2 heterocycles. The molecule has 0 saturated heterocycles. The van der Waals surface area contributed by atoms with Crippen LogP contribution in [-0.4, -0.2) is 39.8 Å². The molecule has 1 aliphatic rings. The number of aromatic nitrogens is 2. The summed E-state index contributed by atoms with van der Waals surface area (Å²) in [6, 6.07) is 4.39. The fourth-order valence-electron chi connectivity index (χ4n) is 3.07. The summed E-state index contributed by atoms with van der Waals surface area (Å²) in [6.45, 7) is 1.29. The van der Waals surface area contributed by atoms with Gasteiger partial charge in [0, 0.05) is 43.7 Å². The summed E-state index contributed by atoms with van der Waals surface area (Å²) in [6.07, 6.45) is 7.96. The number of carbonyl (C=O) groups excluding carboxylic acids is 1. The van der Waals surface area contributed by atoms with Gasteiger partial charge in [0.25, 0.3) is 0 Å². The van der Waals surface area contributed by atoms with Gasteiger partial charge in [-0.25, -0.2) is 4.98 Å². The summed E-state index contributed by atoms with van der Waals surface area (Å²) in [5.41, 5.74) is 6.56. The van der Waals surface area contributed by atoms with E-state index in [9.17, 15) is 4.79 Å². The van der Waals surface area contributed by atoms with E-state index in [0.717, 1.165) is 13.0 Å². The summed E-state index contributed by atoms with van der Waals surface area (Å²) in [5.74, 6) is -0.582. The van der Waals surface area contributed by atoms with Crippen molar-refractivity contribution in [1.29, 1.82) is 10.8 Å². The molecule has 158 valence electrons. The smallest absolute Gasteiger partial charge is 0.242 e. The zero-order valence-corrected chi connectivity index (χ0v) is 17.5. The average molecular weight is 449 g/mol. The predicted molar refractivity (Wildman–Crippen MR) is 118 cm³/mol. The average Bonchev–Trinajstić information content (AvgIpc) is 3.40. The van der Waals surface area contributed by atoms with Crippen molar-refractivity contribution in [1.82, 2.24) is 20.2 Å². The lowest BCUT2D eigenvalue weighted by molar-refractivity contribution is -0.122. The Bertz CT molecular complexity index is 973. The Kier molecular flexibility index (Phi) is 6.96. The maximum Gasteiger partial charge on any atom is 0.242 e. The van der Waals surface area contributed by atoms with Crippen LogP contribution in [0.5, 0.6) is 0 Å². The van der Waals surface area contributed by atoms with Gasteiger partial charge >= 0.3 is 0 Å². The van der Waals surface area contributed by atoms with E-state index in [1.807, 2.05) is 10.8 Å². The Balaban J connectivity index is 1.57. The predicted octanol–water partition coefficient (Wildman–Crippen LogP) is 2.32. The number of nitrogens with zero attached hydrogens (tertiary/aromatic N) is 3. The van der Waals surface area contributed by atoms with Crippen LogP contribution in [0.4, 0.5) is 5.69 Å². The third-order valence-electron chi connectivity index (χ3n) is 4.59. The van der Waals surface area contributed by atoms with Gasteiger partial charge < -0.3 is 20.9 Å². The highest BCUT2D eigenvalue weighted by Gasteiger charge is 2.29. The maximum absolute atomic E-state index is 12.4. The van der Waals surface area contributed by atoms with E-state index in [1.165, 1.54) is 4.90 Å². The number of aryl methyl sites for hydroxylation is 1. The quantitative estimate of drug-likeness (QED) is 0.251. The number of imidazole rings is 1. The Morgan fingerprint density at radius 2 is 2.20 bits per heavy atom. The number of hydrogen-bond acceptors (Lipinski definition) is 5. The summed E-state index contributed by atoms with van der Waals surface area (Å²) < 4.78 is 1.94. The van der Waals surface area contributed by atoms with E-state index in [1.54, 1.807) is 36.9 Å². The van der Waals surface area contributed by atoms with E-state index >= 15 is 0 Å². The van der Waals surface area contributed by atoms with Crippen molar-refractivity contribution in [2.75, 3.05) is 11.4 Å². The van der Waals surface area contributed by atoms with Crippen LogP contribution in [0.2, 0.25) is 10.0 Å². The van der Waals surface area contributed by atoms with E-state index in [0.29, 0.717) is 22.8 Å². The number of amides is 1. The third-order valence-corrected chi connectivity index (χ3v) is 5.40. The lowest BCUT2D eigenvalue weighted by Gasteiger charge is -2.25. The van der Waals surface area contributed by atoms with Crippen molar-refractivity contribution >= 4 is 46.6 Å². The molecule has 6 N–H and O–H groups in total. The van der Waals surface area contributed by atoms with Crippen molar-refractivity contribution in [2.24, 2.45) is 5.73 Å². The number of anilines is 1. The molecule has 0 bridgehead atoms. The van der Waals surface area contributed by atoms with E-state index < -0.39 is 6.04 Å². The number of guanidine groups is 1. The first kappa shape index (κ1) is 21.7. The van der Waals surface area contributed by atoms with Crippen molar-refractivity contribution in [3.63, 3.8) is 0 Å². The van der Waals surface area contributed by atoms with Crippen molar-refractivity contribution in [3.8, 4) is 0 Å². The molecule has 30 heavy (non-hydrogen) atoms. The van der Waals surface area contributed by atoms with Gasteiger partial charge in [0.15, 0.2) is 5.96 Å². The number of benzene rings is 1. The van der Waals surface area contributed by atoms with Gasteiger partial charge in [0.05, 0.1) is 22.1 Å². The first-order valence-electron chi connectivity index (χ1n) is 9.24. The second-order valence-electron chi connectivity index (χ2n) is 6.68. The molecule has 1 amide bonds. The largest absolute Gasteiger partial charge is 0.379 e. The monoisotopic (exact) mass is 448 g/mol. The molecule has 9 nitrogen and oxygen atoms in total. The zero-order chi connectivity index (χ0) is 21.7.